The number of ether oxygens (including phenoxy) is 1. The van der Waals surface area contributed by atoms with Crippen molar-refractivity contribution in [3.05, 3.63) is 125 Å². The van der Waals surface area contributed by atoms with Gasteiger partial charge in [0.15, 0.2) is 5.71 Å². The molecule has 0 radical (unpaired) electrons. The maximum Gasteiger partial charge on any atom is 0.762 e. The van der Waals surface area contributed by atoms with Gasteiger partial charge in [0.25, 0.3) is 0 Å². The van der Waals surface area contributed by atoms with E-state index < -0.39 is 48.3 Å². The molecule has 0 spiro atoms. The zero-order valence-corrected chi connectivity index (χ0v) is 29.2. The molecule has 0 unspecified atom stereocenters. The molecule has 0 fully saturated rings. The van der Waals surface area contributed by atoms with Crippen LogP contribution in [0.5, 0.6) is 5.75 Å². The highest BCUT2D eigenvalue weighted by atomic mass is 19.4. The lowest BCUT2D eigenvalue weighted by Crippen LogP contribution is -3.00. The van der Waals surface area contributed by atoms with Crippen molar-refractivity contribution >= 4 is 30.6 Å². The number of unbranched alkanes of at least 4 members (excludes halogenated alkanes) is 2. The summed E-state index contributed by atoms with van der Waals surface area (Å²) in [6.07, 6.45) is 11.7. The van der Waals surface area contributed by atoms with Crippen LogP contribution in [-0.2, 0) is 15.6 Å². The summed E-state index contributed by atoms with van der Waals surface area (Å²) in [5.74, 6) is -13.6. The molecule has 0 aliphatic carbocycles. The molecule has 0 aromatic heterocycles. The molecule has 2 aliphatic heterocycles. The molecular weight excluding hydrogens is 698 g/mol. The summed E-state index contributed by atoms with van der Waals surface area (Å²) in [5.41, 5.74) is 6.77. The Kier molecular flexibility index (Phi) is 13.8. The van der Waals surface area contributed by atoms with Gasteiger partial charge in [0.1, 0.15) is 7.05 Å². The summed E-state index contributed by atoms with van der Waals surface area (Å²) in [7, 11) is -1.58. The van der Waals surface area contributed by atoms with Gasteiger partial charge >= 0.3 is 13.5 Å². The first-order valence-electron chi connectivity index (χ1n) is 16.3. The lowest BCUT2D eigenvalue weighted by molar-refractivity contribution is -0.401. The number of carbonyl (C=O) groups is 1. The van der Waals surface area contributed by atoms with Crippen LogP contribution in [0.1, 0.15) is 64.5 Å². The molecule has 3 aromatic carbocycles. The predicted molar refractivity (Wildman–Crippen MR) is 183 cm³/mol. The molecular formula is C38H38BF9N2O2. The van der Waals surface area contributed by atoms with E-state index in [2.05, 4.69) is 104 Å². The van der Waals surface area contributed by atoms with Gasteiger partial charge in [-0.1, -0.05) is 74.9 Å². The van der Waals surface area contributed by atoms with Gasteiger partial charge < -0.3 is 14.3 Å². The first kappa shape index (κ1) is 41.7. The number of carbonyl (C=O) groups excluding carboxylic acids is 1. The topological polar surface area (TPSA) is 32.5 Å². The Bertz CT molecular complexity index is 1870. The van der Waals surface area contributed by atoms with E-state index in [0.717, 1.165) is 11.4 Å². The molecule has 3 aromatic rings. The normalized spacial score (nSPS) is 16.2. The monoisotopic (exact) mass is 736 g/mol. The maximum atomic E-state index is 13.9. The van der Waals surface area contributed by atoms with E-state index in [0.29, 0.717) is 25.8 Å². The van der Waals surface area contributed by atoms with Crippen molar-refractivity contribution in [1.29, 1.82) is 0 Å². The van der Waals surface area contributed by atoms with Crippen LogP contribution in [0.3, 0.4) is 0 Å². The van der Waals surface area contributed by atoms with E-state index in [1.54, 1.807) is 0 Å². The van der Waals surface area contributed by atoms with E-state index in [-0.39, 0.29) is 22.0 Å². The Hall–Kier alpha value is -4.75. The number of halogens is 9. The largest absolute Gasteiger partial charge is 1.00 e. The first-order chi connectivity index (χ1) is 24.0. The van der Waals surface area contributed by atoms with Crippen molar-refractivity contribution in [3.63, 3.8) is 0 Å². The van der Waals surface area contributed by atoms with Gasteiger partial charge in [-0.3, -0.25) is 17.7 Å². The zero-order chi connectivity index (χ0) is 37.7. The molecule has 0 N–H and O–H groups in total. The van der Waals surface area contributed by atoms with Crippen LogP contribution in [-0.4, -0.2) is 37.4 Å². The lowest BCUT2D eigenvalue weighted by Gasteiger charge is -2.27. The van der Waals surface area contributed by atoms with Crippen LogP contribution >= 0.6 is 0 Å². The van der Waals surface area contributed by atoms with Crippen molar-refractivity contribution in [2.75, 3.05) is 18.5 Å². The summed E-state index contributed by atoms with van der Waals surface area (Å²) >= 11 is 0. The van der Waals surface area contributed by atoms with E-state index >= 15 is 0 Å². The van der Waals surface area contributed by atoms with Gasteiger partial charge in [-0.05, 0) is 44.4 Å². The van der Waals surface area contributed by atoms with Crippen LogP contribution in [0.25, 0.3) is 0 Å². The molecule has 278 valence electrons. The highest BCUT2D eigenvalue weighted by molar-refractivity contribution is 6.33. The van der Waals surface area contributed by atoms with Crippen LogP contribution in [0, 0.1) is 29.1 Å². The lowest BCUT2D eigenvalue weighted by atomic mass is 9.81. The van der Waals surface area contributed by atoms with Gasteiger partial charge in [0, 0.05) is 47.5 Å². The zero-order valence-electron chi connectivity index (χ0n) is 29.2. The number of fused-ring (bicyclic) bond motifs is 2. The number of hydrogen-bond acceptors (Lipinski definition) is 3. The van der Waals surface area contributed by atoms with Crippen LogP contribution in [0.15, 0.2) is 84.6 Å². The Balaban J connectivity index is 0.00000139. The van der Waals surface area contributed by atoms with Crippen LogP contribution in [0.4, 0.5) is 46.3 Å². The number of para-hydroxylation sites is 2. The third-order valence-electron chi connectivity index (χ3n) is 9.12. The number of nitrogens with zero attached hydrogens (tertiary/aromatic N) is 2. The smallest absolute Gasteiger partial charge is 0.762 e. The van der Waals surface area contributed by atoms with Crippen molar-refractivity contribution in [2.24, 2.45) is 0 Å². The summed E-state index contributed by atoms with van der Waals surface area (Å²) in [6.45, 7) is 9.47. The summed E-state index contributed by atoms with van der Waals surface area (Å²) in [6, 6.07) is 16.6. The minimum absolute atomic E-state index is 0. The third-order valence-corrected chi connectivity index (χ3v) is 9.12. The fraction of sp³-hybridized carbons (Fsp3) is 0.316. The van der Waals surface area contributed by atoms with E-state index in [4.69, 9.17) is 0 Å². The molecule has 0 bridgehead atoms. The second kappa shape index (κ2) is 17.2. The fourth-order valence-electron chi connectivity index (χ4n) is 6.60. The fourth-order valence-corrected chi connectivity index (χ4v) is 6.60. The Morgan fingerprint density at radius 2 is 1.33 bits per heavy atom. The van der Waals surface area contributed by atoms with Gasteiger partial charge in [-0.25, -0.2) is 13.2 Å². The summed E-state index contributed by atoms with van der Waals surface area (Å²) in [5, 5.41) is 0. The molecule has 14 heteroatoms. The van der Waals surface area contributed by atoms with Crippen LogP contribution in [0.2, 0.25) is 0 Å². The summed E-state index contributed by atoms with van der Waals surface area (Å²) in [4.78, 5) is 14.4. The van der Waals surface area contributed by atoms with Gasteiger partial charge in [0.2, 0.25) is 40.5 Å². The minimum atomic E-state index is -3.67. The molecule has 5 rings (SSSR count). The summed E-state index contributed by atoms with van der Waals surface area (Å²) < 4.78 is 104. The molecule has 0 saturated carbocycles. The minimum Gasteiger partial charge on any atom is -1.00 e. The first-order valence-corrected chi connectivity index (χ1v) is 16.3. The Morgan fingerprint density at radius 1 is 0.769 bits per heavy atom. The van der Waals surface area contributed by atoms with Crippen molar-refractivity contribution in [1.82, 2.24) is 0 Å². The molecule has 52 heavy (non-hydrogen) atoms. The van der Waals surface area contributed by atoms with E-state index in [1.165, 1.54) is 22.5 Å². The van der Waals surface area contributed by atoms with Crippen molar-refractivity contribution < 1.29 is 53.7 Å². The average molecular weight is 737 g/mol. The standard InChI is InChI=1S/C38H38F5N2O2.BF3.FH/c1-37(2)24-16-11-13-18-26(24)44(5)28(37)20-8-6-9-21-29-38(3,4)25-17-12-14-19-27(25)45(29)23-15-7-10-22-30(46)47-36-34(42)32(40)31(39)33(41)35(36)43;2-1(3)4;/h6,8-9,11-14,16-21H,7,10,15,22-23H2,1-5H3;;1H/q+1;;/p-1. The van der Waals surface area contributed by atoms with Gasteiger partial charge in [-0.15, -0.1) is 0 Å². The number of esters is 1. The van der Waals surface area contributed by atoms with Gasteiger partial charge in [-0.2, -0.15) is 13.4 Å². The third kappa shape index (κ3) is 8.64. The number of hydrogen-bond donors (Lipinski definition) is 0. The van der Waals surface area contributed by atoms with Crippen molar-refractivity contribution in [3.8, 4) is 5.75 Å². The predicted octanol–water partition coefficient (Wildman–Crippen LogP) is 7.23. The van der Waals surface area contributed by atoms with E-state index in [1.807, 2.05) is 24.3 Å². The highest BCUT2D eigenvalue weighted by Gasteiger charge is 2.42. The molecule has 2 aliphatic rings. The number of rotatable bonds is 10. The average Bonchev–Trinajstić information content (AvgIpc) is 3.42. The molecule has 0 amide bonds. The molecule has 0 atom stereocenters. The Labute approximate surface area is 297 Å². The highest BCUT2D eigenvalue weighted by Crippen LogP contribution is 2.47. The SMILES string of the molecule is C[N+]1=C(C=CC=CC=C2N(CCCCCC(=O)Oc3c(F)c(F)c(F)c(F)c3F)c3ccccc3C2(C)C)C(C)(C)c2ccccc21.FB(F)F.[F-]. The Morgan fingerprint density at radius 3 is 1.94 bits per heavy atom. The second-order valence-electron chi connectivity index (χ2n) is 13.1. The molecule has 0 saturated heterocycles. The number of allylic oxidation sites excluding steroid dienone is 6. The van der Waals surface area contributed by atoms with Crippen LogP contribution < -0.4 is 14.3 Å². The van der Waals surface area contributed by atoms with E-state index in [9.17, 15) is 39.7 Å². The molecule has 4 nitrogen and oxygen atoms in total. The second-order valence-corrected chi connectivity index (χ2v) is 13.1. The van der Waals surface area contributed by atoms with Gasteiger partial charge in [0.05, 0.1) is 5.41 Å². The quantitative estimate of drug-likeness (QED) is 0.0254. The number of anilines is 1. The van der Waals surface area contributed by atoms with Crippen molar-refractivity contribution in [2.45, 2.75) is 64.2 Å². The molecule has 2 heterocycles. The number of benzene rings is 3. The maximum absolute atomic E-state index is 13.9.